The van der Waals surface area contributed by atoms with Gasteiger partial charge in [-0.05, 0) is 113 Å². The second-order valence-electron chi connectivity index (χ2n) is 18.2. The van der Waals surface area contributed by atoms with Crippen LogP contribution in [-0.4, -0.2) is 55.3 Å². The third-order valence-electron chi connectivity index (χ3n) is 8.74. The van der Waals surface area contributed by atoms with Gasteiger partial charge in [0.05, 0.1) is 17.6 Å². The second kappa shape index (κ2) is 81.0. The van der Waals surface area contributed by atoms with E-state index in [2.05, 4.69) is 179 Å². The standard InChI is InChI=1S/3C8H11N.4C7H10N2.C4H10.8C2H6.CH4/c1-7(2)8-3-5-9-6-4-8;1-7(2)8-4-3-5-9-6-8;1-7(2)8-5-3-4-6-9-8;1-6(2)7-5-8-3-4-9-7;1-6(2)7-3-4-8-9-5-7;1-6(2)7-8-4-3-5-9-7;1-6(2)7-4-3-5-8-9-7;1-4(2)3;8*1-2;/h3*3-7H,1-2H3;4*3-6H,1-2H3;4H,1-3H3;8*1-2H3;1H4. The van der Waals surface area contributed by atoms with E-state index in [4.69, 9.17) is 0 Å². The maximum atomic E-state index is 4.18. The van der Waals surface area contributed by atoms with Gasteiger partial charge in [-0.3, -0.25) is 24.9 Å². The third-order valence-corrected chi connectivity index (χ3v) is 8.74. The van der Waals surface area contributed by atoms with Crippen molar-refractivity contribution in [2.45, 2.75) is 277 Å². The Kier molecular flexibility index (Phi) is 96.2. The van der Waals surface area contributed by atoms with Gasteiger partial charge in [0.2, 0.25) is 0 Å². The molecule has 0 saturated carbocycles. The van der Waals surface area contributed by atoms with Crippen LogP contribution in [0.4, 0.5) is 0 Å². The first-order chi connectivity index (χ1) is 39.9. The van der Waals surface area contributed by atoms with Crippen molar-refractivity contribution < 1.29 is 0 Å². The zero-order valence-corrected chi connectivity index (χ0v) is 59.9. The number of pyridine rings is 3. The van der Waals surface area contributed by atoms with Crippen LogP contribution < -0.4 is 0 Å². The molecular weight excluding hydrogens is 1030 g/mol. The van der Waals surface area contributed by atoms with Gasteiger partial charge in [-0.1, -0.05) is 248 Å². The molecule has 0 atom stereocenters. The van der Waals surface area contributed by atoms with Gasteiger partial charge < -0.3 is 0 Å². The lowest BCUT2D eigenvalue weighted by Gasteiger charge is -2.01. The number of rotatable bonds is 7. The summed E-state index contributed by atoms with van der Waals surface area (Å²) in [7, 11) is 0. The summed E-state index contributed by atoms with van der Waals surface area (Å²) < 4.78 is 0. The molecule has 482 valence electrons. The Balaban J connectivity index is -0.0000000902. The first-order valence-corrected chi connectivity index (χ1v) is 31.6. The lowest BCUT2D eigenvalue weighted by Crippen LogP contribution is -1.93. The van der Waals surface area contributed by atoms with Crippen LogP contribution in [0.1, 0.15) is 317 Å². The Morgan fingerprint density at radius 1 is 0.250 bits per heavy atom. The van der Waals surface area contributed by atoms with Crippen molar-refractivity contribution in [3.63, 3.8) is 0 Å². The molecule has 11 heteroatoms. The summed E-state index contributed by atoms with van der Waals surface area (Å²) in [5.41, 5.74) is 7.17. The van der Waals surface area contributed by atoms with Crippen molar-refractivity contribution in [2.24, 2.45) is 5.92 Å². The van der Waals surface area contributed by atoms with Crippen molar-refractivity contribution in [2.75, 3.05) is 0 Å². The van der Waals surface area contributed by atoms with Gasteiger partial charge in [0.15, 0.2) is 0 Å². The molecule has 0 fully saturated rings. The monoisotopic (exact) mass is 1170 g/mol. The van der Waals surface area contributed by atoms with Gasteiger partial charge in [-0.25, -0.2) is 9.97 Å². The zero-order valence-electron chi connectivity index (χ0n) is 59.9. The lowest BCUT2D eigenvalue weighted by molar-refractivity contribution is 0.737. The second-order valence-corrected chi connectivity index (χ2v) is 18.2. The molecule has 0 spiro atoms. The molecule has 0 aliphatic rings. The van der Waals surface area contributed by atoms with Crippen LogP contribution >= 0.6 is 0 Å². The molecule has 0 aromatic carbocycles. The van der Waals surface area contributed by atoms with E-state index < -0.39 is 0 Å². The van der Waals surface area contributed by atoms with Crippen LogP contribution in [0.3, 0.4) is 0 Å². The SMILES string of the molecule is C.CC.CC.CC.CC.CC.CC.CC.CC.CC(C)C.CC(C)c1ccccn1.CC(C)c1cccnc1.CC(C)c1cccnn1.CC(C)c1ccncc1.CC(C)c1ccnnc1.CC(C)c1cnccn1.CC(C)c1ncccn1. The maximum Gasteiger partial charge on any atom is 0.130 e. The summed E-state index contributed by atoms with van der Waals surface area (Å²) in [6.07, 6.45) is 23.1. The first-order valence-electron chi connectivity index (χ1n) is 31.6. The summed E-state index contributed by atoms with van der Waals surface area (Å²) in [6.45, 7) is 68.3. The molecule has 84 heavy (non-hydrogen) atoms. The molecule has 7 aromatic heterocycles. The van der Waals surface area contributed by atoms with E-state index in [9.17, 15) is 0 Å². The van der Waals surface area contributed by atoms with Gasteiger partial charge >= 0.3 is 0 Å². The molecule has 7 heterocycles. The Hall–Kier alpha value is -6.23. The Labute approximate surface area is 523 Å². The Morgan fingerprint density at radius 2 is 0.655 bits per heavy atom. The van der Waals surface area contributed by atoms with Gasteiger partial charge in [0, 0.05) is 86.0 Å². The molecule has 11 nitrogen and oxygen atoms in total. The summed E-state index contributed by atoms with van der Waals surface area (Å²) in [4.78, 5) is 28.3. The highest BCUT2D eigenvalue weighted by atomic mass is 15.1. The molecule has 0 bridgehead atoms. The average molecular weight is 1170 g/mol. The molecule has 0 saturated heterocycles. The molecule has 0 aliphatic heterocycles. The number of hydrogen-bond donors (Lipinski definition) is 0. The van der Waals surface area contributed by atoms with E-state index in [-0.39, 0.29) is 7.43 Å². The highest BCUT2D eigenvalue weighted by Gasteiger charge is 2.00. The number of hydrogen-bond acceptors (Lipinski definition) is 11. The quantitative estimate of drug-likeness (QED) is 0.151. The normalized spacial score (nSPS) is 8.58. The van der Waals surface area contributed by atoms with Gasteiger partial charge in [-0.2, -0.15) is 20.4 Å². The predicted octanol–water partition coefficient (Wildman–Crippen LogP) is 23.5. The van der Waals surface area contributed by atoms with Gasteiger partial charge in [0.1, 0.15) is 5.82 Å². The predicted molar refractivity (Wildman–Crippen MR) is 377 cm³/mol. The van der Waals surface area contributed by atoms with Gasteiger partial charge in [0.25, 0.3) is 0 Å². The van der Waals surface area contributed by atoms with E-state index >= 15 is 0 Å². The number of nitrogens with zero attached hydrogens (tertiary/aromatic N) is 11. The fourth-order valence-electron chi connectivity index (χ4n) is 4.66. The molecular formula is C73H135N11. The molecule has 0 N–H and O–H groups in total. The minimum atomic E-state index is 0. The summed E-state index contributed by atoms with van der Waals surface area (Å²) >= 11 is 0. The summed E-state index contributed by atoms with van der Waals surface area (Å²) in [5.74, 6) is 5.47. The average Bonchev–Trinajstić information content (AvgIpc) is 3.55. The third kappa shape index (κ3) is 70.0. The maximum absolute atomic E-state index is 4.18. The van der Waals surface area contributed by atoms with Crippen LogP contribution in [0, 0.1) is 5.92 Å². The van der Waals surface area contributed by atoms with Crippen LogP contribution in [0.2, 0.25) is 0 Å². The highest BCUT2D eigenvalue weighted by molar-refractivity contribution is 5.14. The Bertz CT molecular complexity index is 1660. The van der Waals surface area contributed by atoms with E-state index in [0.29, 0.717) is 41.4 Å². The fourth-order valence-corrected chi connectivity index (χ4v) is 4.66. The lowest BCUT2D eigenvalue weighted by atomic mass is 10.1. The molecule has 0 aliphatic carbocycles. The molecule has 0 amide bonds. The van der Waals surface area contributed by atoms with Crippen molar-refractivity contribution in [3.8, 4) is 0 Å². The molecule has 0 unspecified atom stereocenters. The molecule has 0 radical (unpaired) electrons. The van der Waals surface area contributed by atoms with E-state index in [1.807, 2.05) is 196 Å². The summed E-state index contributed by atoms with van der Waals surface area (Å²) in [5, 5.41) is 15.1. The molecule has 7 rings (SSSR count). The van der Waals surface area contributed by atoms with Crippen molar-refractivity contribution in [1.82, 2.24) is 55.3 Å². The van der Waals surface area contributed by atoms with E-state index in [1.165, 1.54) is 16.7 Å². The van der Waals surface area contributed by atoms with Crippen LogP contribution in [0.15, 0.2) is 147 Å². The van der Waals surface area contributed by atoms with Crippen LogP contribution in [-0.2, 0) is 0 Å². The zero-order chi connectivity index (χ0) is 66.4. The topological polar surface area (TPSA) is 142 Å². The highest BCUT2D eigenvalue weighted by Crippen LogP contribution is 2.13. The van der Waals surface area contributed by atoms with Crippen molar-refractivity contribution >= 4 is 0 Å². The van der Waals surface area contributed by atoms with Crippen LogP contribution in [0.5, 0.6) is 0 Å². The van der Waals surface area contributed by atoms with E-state index in [0.717, 1.165) is 28.8 Å². The molecule has 7 aromatic rings. The first kappa shape index (κ1) is 99.8. The van der Waals surface area contributed by atoms with Crippen molar-refractivity contribution in [1.29, 1.82) is 0 Å². The van der Waals surface area contributed by atoms with E-state index in [1.54, 1.807) is 55.8 Å². The fraction of sp³-hybridized carbons (Fsp3) is 0.575. The minimum Gasteiger partial charge on any atom is -0.265 e. The smallest absolute Gasteiger partial charge is 0.130 e. The minimum absolute atomic E-state index is 0. The van der Waals surface area contributed by atoms with Crippen LogP contribution in [0.25, 0.3) is 0 Å². The van der Waals surface area contributed by atoms with Gasteiger partial charge in [-0.15, -0.1) is 0 Å². The largest absolute Gasteiger partial charge is 0.265 e. The summed E-state index contributed by atoms with van der Waals surface area (Å²) in [6, 6.07) is 21.9. The Morgan fingerprint density at radius 3 is 0.905 bits per heavy atom. The van der Waals surface area contributed by atoms with Crippen molar-refractivity contribution in [3.05, 3.63) is 187 Å². The number of aromatic nitrogens is 11.